The highest BCUT2D eigenvalue weighted by Crippen LogP contribution is 2.45. The Balaban J connectivity index is 1.63. The molecule has 1 spiro atoms. The Labute approximate surface area is 114 Å². The summed E-state index contributed by atoms with van der Waals surface area (Å²) in [5, 5.41) is 0. The van der Waals surface area contributed by atoms with Gasteiger partial charge in [-0.15, -0.1) is 0 Å². The molecule has 19 heavy (non-hydrogen) atoms. The van der Waals surface area contributed by atoms with Gasteiger partial charge in [-0.3, -0.25) is 0 Å². The van der Waals surface area contributed by atoms with Gasteiger partial charge in [0.05, 0.1) is 0 Å². The smallest absolute Gasteiger partial charge is 0.124 e. The van der Waals surface area contributed by atoms with Gasteiger partial charge < -0.3 is 15.4 Å². The van der Waals surface area contributed by atoms with Crippen molar-refractivity contribution in [2.45, 2.75) is 49.8 Å². The van der Waals surface area contributed by atoms with Crippen molar-refractivity contribution >= 4 is 0 Å². The molecule has 0 radical (unpaired) electrons. The number of benzene rings is 1. The van der Waals surface area contributed by atoms with Crippen LogP contribution >= 0.6 is 0 Å². The van der Waals surface area contributed by atoms with Gasteiger partial charge in [0.2, 0.25) is 0 Å². The van der Waals surface area contributed by atoms with Crippen LogP contribution in [-0.4, -0.2) is 29.6 Å². The summed E-state index contributed by atoms with van der Waals surface area (Å²) in [5.74, 6) is 1.02. The van der Waals surface area contributed by atoms with E-state index < -0.39 is 0 Å². The fourth-order valence-electron chi connectivity index (χ4n) is 4.24. The van der Waals surface area contributed by atoms with Crippen LogP contribution < -0.4 is 10.5 Å². The van der Waals surface area contributed by atoms with Crippen LogP contribution in [0.25, 0.3) is 0 Å². The number of para-hydroxylation sites is 1. The first kappa shape index (κ1) is 11.7. The maximum atomic E-state index is 6.43. The third-order valence-corrected chi connectivity index (χ3v) is 5.20. The predicted octanol–water partition coefficient (Wildman–Crippen LogP) is 2.47. The minimum absolute atomic E-state index is 0.000718. The molecule has 2 saturated heterocycles. The van der Waals surface area contributed by atoms with Crippen LogP contribution in [0.15, 0.2) is 24.3 Å². The molecule has 4 rings (SSSR count). The lowest BCUT2D eigenvalue weighted by atomic mass is 9.78. The van der Waals surface area contributed by atoms with E-state index in [0.29, 0.717) is 0 Å². The van der Waals surface area contributed by atoms with Gasteiger partial charge >= 0.3 is 0 Å². The molecule has 0 saturated carbocycles. The Bertz CT molecular complexity index is 489. The number of nitrogens with zero attached hydrogens (tertiary/aromatic N) is 1. The molecule has 0 amide bonds. The third-order valence-electron chi connectivity index (χ3n) is 5.20. The monoisotopic (exact) mass is 258 g/mol. The van der Waals surface area contributed by atoms with Crippen LogP contribution in [0.5, 0.6) is 5.75 Å². The second kappa shape index (κ2) is 4.22. The largest absolute Gasteiger partial charge is 0.487 e. The summed E-state index contributed by atoms with van der Waals surface area (Å²) in [7, 11) is 0. The van der Waals surface area contributed by atoms with Gasteiger partial charge in [0, 0.05) is 37.0 Å². The first-order chi connectivity index (χ1) is 9.26. The first-order valence-electron chi connectivity index (χ1n) is 7.53. The second-order valence-corrected chi connectivity index (χ2v) is 6.42. The molecule has 3 heteroatoms. The Morgan fingerprint density at radius 3 is 3.05 bits per heavy atom. The maximum Gasteiger partial charge on any atom is 0.124 e. The van der Waals surface area contributed by atoms with E-state index in [0.717, 1.165) is 31.1 Å². The molecule has 3 aliphatic rings. The number of ether oxygens (including phenoxy) is 1. The minimum atomic E-state index is -0.000718. The van der Waals surface area contributed by atoms with Gasteiger partial charge in [0.1, 0.15) is 11.4 Å². The van der Waals surface area contributed by atoms with Gasteiger partial charge in [-0.2, -0.15) is 0 Å². The molecule has 1 aromatic carbocycles. The van der Waals surface area contributed by atoms with Crippen molar-refractivity contribution in [1.29, 1.82) is 0 Å². The molecular formula is C16H22N2O. The predicted molar refractivity (Wildman–Crippen MR) is 75.2 cm³/mol. The van der Waals surface area contributed by atoms with Crippen LogP contribution in [-0.2, 0) is 0 Å². The number of rotatable bonds is 0. The number of piperidine rings is 1. The van der Waals surface area contributed by atoms with Crippen LogP contribution in [0.4, 0.5) is 0 Å². The van der Waals surface area contributed by atoms with Gasteiger partial charge in [-0.1, -0.05) is 18.2 Å². The summed E-state index contributed by atoms with van der Waals surface area (Å²) in [6.45, 7) is 2.46. The molecule has 3 unspecified atom stereocenters. The zero-order chi connectivity index (χ0) is 12.9. The average Bonchev–Trinajstić information content (AvgIpc) is 2.85. The van der Waals surface area contributed by atoms with E-state index in [9.17, 15) is 0 Å². The van der Waals surface area contributed by atoms with E-state index in [2.05, 4.69) is 29.2 Å². The highest BCUT2D eigenvalue weighted by molar-refractivity contribution is 5.38. The zero-order valence-electron chi connectivity index (χ0n) is 11.3. The lowest BCUT2D eigenvalue weighted by Crippen LogP contribution is -2.53. The van der Waals surface area contributed by atoms with Gasteiger partial charge in [0.25, 0.3) is 0 Å². The third kappa shape index (κ3) is 1.87. The van der Waals surface area contributed by atoms with Crippen molar-refractivity contribution in [2.24, 2.45) is 5.73 Å². The van der Waals surface area contributed by atoms with Crippen molar-refractivity contribution in [3.63, 3.8) is 0 Å². The quantitative estimate of drug-likeness (QED) is 0.777. The summed E-state index contributed by atoms with van der Waals surface area (Å²) in [6.07, 6.45) is 5.96. The van der Waals surface area contributed by atoms with Crippen molar-refractivity contribution in [1.82, 2.24) is 4.90 Å². The molecule has 1 aromatic rings. The Morgan fingerprint density at radius 2 is 2.11 bits per heavy atom. The maximum absolute atomic E-state index is 6.43. The summed E-state index contributed by atoms with van der Waals surface area (Å²) in [6, 6.07) is 9.16. The van der Waals surface area contributed by atoms with E-state index >= 15 is 0 Å². The first-order valence-corrected chi connectivity index (χ1v) is 7.53. The topological polar surface area (TPSA) is 38.5 Å². The Hall–Kier alpha value is -1.06. The number of nitrogens with two attached hydrogens (primary N) is 1. The molecule has 3 nitrogen and oxygen atoms in total. The van der Waals surface area contributed by atoms with Crippen LogP contribution in [0.1, 0.15) is 43.7 Å². The molecule has 3 aliphatic heterocycles. The number of hydrogen-bond acceptors (Lipinski definition) is 3. The van der Waals surface area contributed by atoms with Crippen LogP contribution in [0, 0.1) is 0 Å². The van der Waals surface area contributed by atoms with E-state index in [1.54, 1.807) is 0 Å². The lowest BCUT2D eigenvalue weighted by Gasteiger charge is -2.48. The molecule has 2 fully saturated rings. The molecule has 0 bridgehead atoms. The normalized spacial score (nSPS) is 37.7. The fraction of sp³-hybridized carbons (Fsp3) is 0.625. The van der Waals surface area contributed by atoms with Crippen molar-refractivity contribution < 1.29 is 4.74 Å². The van der Waals surface area contributed by atoms with E-state index in [1.807, 2.05) is 0 Å². The summed E-state index contributed by atoms with van der Waals surface area (Å²) in [4.78, 5) is 2.64. The number of hydrogen-bond donors (Lipinski definition) is 1. The standard InChI is InChI=1S/C16H22N2O/c17-14-11-16(19-15-6-2-1-5-13(14)15)7-9-18-8-3-4-12(18)10-16/h1-2,5-6,12,14H,3-4,7-11,17H2. The molecule has 3 heterocycles. The molecule has 3 atom stereocenters. The SMILES string of the molecule is NC1CC2(CCN3CCCC3C2)Oc2ccccc21. The second-order valence-electron chi connectivity index (χ2n) is 6.42. The van der Waals surface area contributed by atoms with Crippen LogP contribution in [0.2, 0.25) is 0 Å². The minimum Gasteiger partial charge on any atom is -0.487 e. The van der Waals surface area contributed by atoms with E-state index in [1.165, 1.54) is 31.5 Å². The summed E-state index contributed by atoms with van der Waals surface area (Å²) in [5.41, 5.74) is 7.58. The molecule has 2 N–H and O–H groups in total. The van der Waals surface area contributed by atoms with Crippen molar-refractivity contribution in [3.05, 3.63) is 29.8 Å². The van der Waals surface area contributed by atoms with Gasteiger partial charge in [0.15, 0.2) is 0 Å². The summed E-state index contributed by atoms with van der Waals surface area (Å²) < 4.78 is 6.43. The zero-order valence-corrected chi connectivity index (χ0v) is 11.3. The highest BCUT2D eigenvalue weighted by atomic mass is 16.5. The Kier molecular flexibility index (Phi) is 2.61. The molecular weight excluding hydrogens is 236 g/mol. The van der Waals surface area contributed by atoms with Gasteiger partial charge in [-0.05, 0) is 31.9 Å². The fourth-order valence-corrected chi connectivity index (χ4v) is 4.24. The number of fused-ring (bicyclic) bond motifs is 2. The highest BCUT2D eigenvalue weighted by Gasteiger charge is 2.46. The van der Waals surface area contributed by atoms with Crippen molar-refractivity contribution in [3.8, 4) is 5.75 Å². The van der Waals surface area contributed by atoms with E-state index in [4.69, 9.17) is 10.5 Å². The van der Waals surface area contributed by atoms with Crippen molar-refractivity contribution in [2.75, 3.05) is 13.1 Å². The molecule has 0 aromatic heterocycles. The lowest BCUT2D eigenvalue weighted by molar-refractivity contribution is -0.0358. The Morgan fingerprint density at radius 1 is 1.21 bits per heavy atom. The summed E-state index contributed by atoms with van der Waals surface area (Å²) >= 11 is 0. The van der Waals surface area contributed by atoms with Gasteiger partial charge in [-0.25, -0.2) is 0 Å². The van der Waals surface area contributed by atoms with E-state index in [-0.39, 0.29) is 11.6 Å². The molecule has 0 aliphatic carbocycles. The average molecular weight is 258 g/mol. The molecule has 102 valence electrons. The van der Waals surface area contributed by atoms with Crippen LogP contribution in [0.3, 0.4) is 0 Å².